The smallest absolute Gasteiger partial charge is 0.422 e. The molecule has 1 heterocycles. The van der Waals surface area contributed by atoms with Crippen molar-refractivity contribution in [3.63, 3.8) is 0 Å². The van der Waals surface area contributed by atoms with E-state index < -0.39 is 21.9 Å². The molecule has 0 atom stereocenters. The van der Waals surface area contributed by atoms with Crippen LogP contribution in [0.1, 0.15) is 32.0 Å². The summed E-state index contributed by atoms with van der Waals surface area (Å²) in [5, 5.41) is 5.74. The quantitative estimate of drug-likeness (QED) is 0.624. The number of benzene rings is 2. The number of carbonyl (C=O) groups excluding carboxylic acids is 1. The molecule has 0 unspecified atom stereocenters. The van der Waals surface area contributed by atoms with Crippen molar-refractivity contribution in [1.29, 1.82) is 0 Å². The Bertz CT molecular complexity index is 1280. The Morgan fingerprint density at radius 2 is 1.68 bits per heavy atom. The van der Waals surface area contributed by atoms with Gasteiger partial charge in [-0.15, -0.1) is 0 Å². The molecule has 2 N–H and O–H groups in total. The molecule has 0 saturated carbocycles. The Morgan fingerprint density at radius 1 is 1.06 bits per heavy atom. The number of fused-ring (bicyclic) bond motifs is 1. The Hall–Kier alpha value is -3.40. The molecule has 9 nitrogen and oxygen atoms in total. The molecule has 1 aromatic heterocycles. The Labute approximate surface area is 180 Å². The van der Waals surface area contributed by atoms with E-state index in [9.17, 15) is 18.0 Å². The summed E-state index contributed by atoms with van der Waals surface area (Å²) in [6, 6.07) is 13.9. The second kappa shape index (κ2) is 8.38. The first-order valence-electron chi connectivity index (χ1n) is 9.51. The Kier molecular flexibility index (Phi) is 6.03. The normalized spacial score (nSPS) is 11.9. The average Bonchev–Trinajstić information content (AvgIpc) is 2.65. The lowest BCUT2D eigenvalue weighted by atomic mass is 10.0. The number of hydrogen-bond donors (Lipinski definition) is 2. The number of carbonyl (C=O) groups is 1. The zero-order chi connectivity index (χ0) is 22.8. The lowest BCUT2D eigenvalue weighted by Gasteiger charge is -2.19. The minimum absolute atomic E-state index is 0.165. The number of aryl methyl sites for hydroxylation is 1. The third kappa shape index (κ3) is 5.82. The van der Waals surface area contributed by atoms with Gasteiger partial charge in [0.1, 0.15) is 5.60 Å². The van der Waals surface area contributed by atoms with E-state index >= 15 is 0 Å². The maximum Gasteiger partial charge on any atom is 0.422 e. The molecule has 1 amide bonds. The van der Waals surface area contributed by atoms with Crippen molar-refractivity contribution in [3.8, 4) is 0 Å². The first kappa shape index (κ1) is 22.3. The monoisotopic (exact) mass is 444 g/mol. The maximum atomic E-state index is 12.3. The molecule has 3 aromatic rings. The van der Waals surface area contributed by atoms with E-state index in [1.807, 2.05) is 12.1 Å². The SMILES string of the molecule is Cn1nc(Cc2ccc(NS(=O)(=O)NC(=O)OC(C)(C)C)cc2)c2ccccc2c1=O. The van der Waals surface area contributed by atoms with Crippen LogP contribution < -0.4 is 15.0 Å². The van der Waals surface area contributed by atoms with Crippen molar-refractivity contribution in [2.45, 2.75) is 32.8 Å². The molecule has 2 aromatic carbocycles. The van der Waals surface area contributed by atoms with Gasteiger partial charge in [0.15, 0.2) is 0 Å². The topological polar surface area (TPSA) is 119 Å². The molecule has 31 heavy (non-hydrogen) atoms. The molecule has 0 bridgehead atoms. The van der Waals surface area contributed by atoms with Gasteiger partial charge in [-0.25, -0.2) is 14.2 Å². The van der Waals surface area contributed by atoms with Gasteiger partial charge in [0.2, 0.25) is 0 Å². The fourth-order valence-electron chi connectivity index (χ4n) is 2.98. The molecule has 3 rings (SSSR count). The van der Waals surface area contributed by atoms with Crippen molar-refractivity contribution in [2.75, 3.05) is 4.72 Å². The number of hydrogen-bond acceptors (Lipinski definition) is 6. The van der Waals surface area contributed by atoms with Crippen LogP contribution in [0.2, 0.25) is 0 Å². The predicted octanol–water partition coefficient (Wildman–Crippen LogP) is 2.71. The van der Waals surface area contributed by atoms with Gasteiger partial charge in [0.25, 0.3) is 5.56 Å². The fraction of sp³-hybridized carbons (Fsp3) is 0.286. The highest BCUT2D eigenvalue weighted by molar-refractivity contribution is 7.91. The molecule has 10 heteroatoms. The molecule has 0 aliphatic rings. The summed E-state index contributed by atoms with van der Waals surface area (Å²) in [5.41, 5.74) is 0.900. The molecule has 0 saturated heterocycles. The van der Waals surface area contributed by atoms with Crippen molar-refractivity contribution < 1.29 is 17.9 Å². The summed E-state index contributed by atoms with van der Waals surface area (Å²) in [4.78, 5) is 24.0. The highest BCUT2D eigenvalue weighted by atomic mass is 32.2. The van der Waals surface area contributed by atoms with Crippen LogP contribution in [0.3, 0.4) is 0 Å². The molecular weight excluding hydrogens is 420 g/mol. The first-order chi connectivity index (χ1) is 14.4. The minimum atomic E-state index is -4.14. The summed E-state index contributed by atoms with van der Waals surface area (Å²) >= 11 is 0. The van der Waals surface area contributed by atoms with Gasteiger partial charge in [-0.2, -0.15) is 13.5 Å². The van der Waals surface area contributed by atoms with Crippen LogP contribution in [0.5, 0.6) is 0 Å². The van der Waals surface area contributed by atoms with E-state index in [0.717, 1.165) is 16.6 Å². The van der Waals surface area contributed by atoms with Crippen LogP contribution in [0.4, 0.5) is 10.5 Å². The zero-order valence-corrected chi connectivity index (χ0v) is 18.5. The predicted molar refractivity (Wildman–Crippen MR) is 118 cm³/mol. The van der Waals surface area contributed by atoms with Crippen LogP contribution in [0.15, 0.2) is 53.3 Å². The molecule has 0 aliphatic carbocycles. The molecule has 164 valence electrons. The van der Waals surface area contributed by atoms with E-state index in [2.05, 4.69) is 9.82 Å². The van der Waals surface area contributed by atoms with E-state index in [0.29, 0.717) is 11.8 Å². The standard InChI is InChI=1S/C21H24N4O5S/c1-21(2,3)30-20(27)24-31(28,29)23-15-11-9-14(10-12-15)13-18-16-7-5-6-8-17(16)19(26)25(4)22-18/h5-12,23H,13H2,1-4H3,(H,24,27). The van der Waals surface area contributed by atoms with Gasteiger partial charge >= 0.3 is 16.3 Å². The van der Waals surface area contributed by atoms with Gasteiger partial charge in [0, 0.05) is 18.9 Å². The molecule has 0 aliphatic heterocycles. The van der Waals surface area contributed by atoms with E-state index in [1.165, 1.54) is 4.68 Å². The zero-order valence-electron chi connectivity index (χ0n) is 17.7. The second-order valence-corrected chi connectivity index (χ2v) is 9.42. The van der Waals surface area contributed by atoms with Gasteiger partial charge in [0.05, 0.1) is 16.8 Å². The Morgan fingerprint density at radius 3 is 2.29 bits per heavy atom. The van der Waals surface area contributed by atoms with Gasteiger partial charge in [-0.1, -0.05) is 30.3 Å². The van der Waals surface area contributed by atoms with Crippen LogP contribution in [-0.2, 0) is 28.4 Å². The van der Waals surface area contributed by atoms with E-state index in [-0.39, 0.29) is 11.2 Å². The number of nitrogens with one attached hydrogen (secondary N) is 2. The third-order valence-corrected chi connectivity index (χ3v) is 5.17. The first-order valence-corrected chi connectivity index (χ1v) is 11.0. The van der Waals surface area contributed by atoms with Gasteiger partial charge in [-0.05, 0) is 44.5 Å². The van der Waals surface area contributed by atoms with Crippen molar-refractivity contribution in [1.82, 2.24) is 14.5 Å². The summed E-state index contributed by atoms with van der Waals surface area (Å²) in [5.74, 6) is 0. The number of aromatic nitrogens is 2. The molecule has 0 fully saturated rings. The Balaban J connectivity index is 1.74. The number of nitrogens with zero attached hydrogens (tertiary/aromatic N) is 2. The van der Waals surface area contributed by atoms with Crippen LogP contribution >= 0.6 is 0 Å². The van der Waals surface area contributed by atoms with Crippen molar-refractivity contribution in [3.05, 3.63) is 70.1 Å². The van der Waals surface area contributed by atoms with E-state index in [1.54, 1.807) is 68.9 Å². The number of anilines is 1. The van der Waals surface area contributed by atoms with Gasteiger partial charge in [-0.3, -0.25) is 9.52 Å². The van der Waals surface area contributed by atoms with Crippen LogP contribution in [0, 0.1) is 0 Å². The fourth-order valence-corrected chi connectivity index (χ4v) is 3.74. The summed E-state index contributed by atoms with van der Waals surface area (Å²) in [7, 11) is -2.54. The second-order valence-electron chi connectivity index (χ2n) is 8.00. The third-order valence-electron chi connectivity index (χ3n) is 4.23. The van der Waals surface area contributed by atoms with Crippen molar-refractivity contribution >= 4 is 32.8 Å². The minimum Gasteiger partial charge on any atom is -0.443 e. The summed E-state index contributed by atoms with van der Waals surface area (Å²) < 4.78 is 34.6. The largest absolute Gasteiger partial charge is 0.443 e. The van der Waals surface area contributed by atoms with Gasteiger partial charge < -0.3 is 4.74 Å². The van der Waals surface area contributed by atoms with Crippen molar-refractivity contribution in [2.24, 2.45) is 7.05 Å². The number of ether oxygens (including phenoxy) is 1. The summed E-state index contributed by atoms with van der Waals surface area (Å²) in [6.07, 6.45) is -0.609. The highest BCUT2D eigenvalue weighted by Crippen LogP contribution is 2.18. The number of rotatable bonds is 5. The lowest BCUT2D eigenvalue weighted by molar-refractivity contribution is 0.0570. The van der Waals surface area contributed by atoms with E-state index in [4.69, 9.17) is 4.74 Å². The average molecular weight is 445 g/mol. The van der Waals surface area contributed by atoms with Crippen LogP contribution in [-0.4, -0.2) is 29.9 Å². The highest BCUT2D eigenvalue weighted by Gasteiger charge is 2.21. The molecular formula is C21H24N4O5S. The molecule has 0 spiro atoms. The number of amides is 1. The summed E-state index contributed by atoms with van der Waals surface area (Å²) in [6.45, 7) is 4.90. The van der Waals surface area contributed by atoms with Crippen LogP contribution in [0.25, 0.3) is 10.8 Å². The lowest BCUT2D eigenvalue weighted by Crippen LogP contribution is -2.39. The maximum absolute atomic E-state index is 12.3. The molecule has 0 radical (unpaired) electrons.